The van der Waals surface area contributed by atoms with Crippen LogP contribution in [0.5, 0.6) is 0 Å². The fraction of sp³-hybridized carbons (Fsp3) is 0.636. The third-order valence-electron chi connectivity index (χ3n) is 2.13. The molecule has 1 unspecified atom stereocenters. The predicted molar refractivity (Wildman–Crippen MR) is 51.6 cm³/mol. The van der Waals surface area contributed by atoms with Gasteiger partial charge < -0.3 is 27.2 Å². The van der Waals surface area contributed by atoms with Crippen LogP contribution in [0.3, 0.4) is 0 Å². The van der Waals surface area contributed by atoms with Gasteiger partial charge in [-0.1, -0.05) is 6.42 Å². The van der Waals surface area contributed by atoms with Gasteiger partial charge in [-0.3, -0.25) is 5.92 Å². The summed E-state index contributed by atoms with van der Waals surface area (Å²) in [5.74, 6) is 0.839. The molecule has 1 saturated carbocycles. The van der Waals surface area contributed by atoms with E-state index in [4.69, 9.17) is 0 Å². The van der Waals surface area contributed by atoms with Crippen molar-refractivity contribution >= 4 is 0 Å². The standard InChI is InChI=1S/C10H17.CH3.W.3Y/c1-2-3-4-7-10-8-5-6-9-10;;;;;/h7-8,10H,1-6,9H2;1H3;;;;/q-3;-1;+2;;;. The normalized spacial score (nSPS) is 17.0. The average molecular weight is 603 g/mol. The van der Waals surface area contributed by atoms with E-state index in [0.29, 0.717) is 0 Å². The molecular weight excluding hydrogens is 583 g/mol. The van der Waals surface area contributed by atoms with E-state index < -0.39 is 0 Å². The molecule has 0 nitrogen and oxygen atoms in total. The van der Waals surface area contributed by atoms with E-state index >= 15 is 0 Å². The average Bonchev–Trinajstić information content (AvgIpc) is 2.41. The van der Waals surface area contributed by atoms with Crippen LogP contribution in [0.25, 0.3) is 0 Å². The van der Waals surface area contributed by atoms with Gasteiger partial charge in [0, 0.05) is 98.1 Å². The first-order chi connectivity index (χ1) is 4.93. The monoisotopic (exact) mass is 603 g/mol. The molecule has 0 heterocycles. The van der Waals surface area contributed by atoms with Crippen LogP contribution in [0.4, 0.5) is 0 Å². The van der Waals surface area contributed by atoms with Gasteiger partial charge in [-0.2, -0.15) is 19.3 Å². The van der Waals surface area contributed by atoms with Gasteiger partial charge in [-0.25, -0.2) is 0 Å². The molecule has 81 valence electrons. The molecule has 3 radical (unpaired) electrons. The Morgan fingerprint density at radius 2 is 1.87 bits per heavy atom. The quantitative estimate of drug-likeness (QED) is 0.341. The topological polar surface area (TPSA) is 0 Å². The van der Waals surface area contributed by atoms with Gasteiger partial charge in [0.2, 0.25) is 0 Å². The Morgan fingerprint density at radius 3 is 2.27 bits per heavy atom. The number of unbranched alkanes of at least 4 members (excludes halogenated alkanes) is 2. The second-order valence-corrected chi connectivity index (χ2v) is 3.06. The van der Waals surface area contributed by atoms with Crippen LogP contribution in [-0.2, 0) is 119 Å². The van der Waals surface area contributed by atoms with Crippen molar-refractivity contribution in [2.75, 3.05) is 0 Å². The molecule has 4 heteroatoms. The Kier molecular flexibility index (Phi) is 48.4. The van der Waals surface area contributed by atoms with Crippen molar-refractivity contribution in [2.45, 2.75) is 38.5 Å². The zero-order chi connectivity index (χ0) is 7.23. The van der Waals surface area contributed by atoms with Gasteiger partial charge in [0.1, 0.15) is 0 Å². The molecule has 1 atom stereocenters. The van der Waals surface area contributed by atoms with Crippen molar-refractivity contribution in [3.63, 3.8) is 0 Å². The van der Waals surface area contributed by atoms with Crippen LogP contribution in [0.2, 0.25) is 0 Å². The van der Waals surface area contributed by atoms with Gasteiger partial charge >= 0.3 is 21.1 Å². The summed E-state index contributed by atoms with van der Waals surface area (Å²) in [7, 11) is 0. The smallest absolute Gasteiger partial charge is 0.358 e. The Morgan fingerprint density at radius 1 is 1.27 bits per heavy atom. The summed E-state index contributed by atoms with van der Waals surface area (Å²) in [4.78, 5) is 0. The Bertz CT molecular complexity index is 85.9. The van der Waals surface area contributed by atoms with Gasteiger partial charge in [-0.15, -0.1) is 12.8 Å². The van der Waals surface area contributed by atoms with Crippen LogP contribution < -0.4 is 0 Å². The van der Waals surface area contributed by atoms with Crippen molar-refractivity contribution in [3.8, 4) is 0 Å². The summed E-state index contributed by atoms with van der Waals surface area (Å²) in [5, 5.41) is 0. The minimum atomic E-state index is 0. The summed E-state index contributed by atoms with van der Waals surface area (Å²) in [6.07, 6.45) is 12.7. The first-order valence-electron chi connectivity index (χ1n) is 4.39. The number of hydrogen-bond donors (Lipinski definition) is 0. The summed E-state index contributed by atoms with van der Waals surface area (Å²) in [6.45, 7) is 3.82. The largest absolute Gasteiger partial charge is 2.00 e. The molecule has 0 aromatic heterocycles. The Hall–Kier alpha value is 4.00. The van der Waals surface area contributed by atoms with E-state index in [1.165, 1.54) is 32.1 Å². The van der Waals surface area contributed by atoms with E-state index in [0.717, 1.165) is 12.3 Å². The van der Waals surface area contributed by atoms with E-state index in [1.54, 1.807) is 0 Å². The molecule has 0 spiro atoms. The SMILES string of the molecule is [CH2-]CCC[CH-]C1[CH-]CCC1.[CH3-].[W+2].[Y].[Y].[Y]. The molecular formula is C11H20WY3-2. The summed E-state index contributed by atoms with van der Waals surface area (Å²) in [5.41, 5.74) is 0. The predicted octanol–water partition coefficient (Wildman–Crippen LogP) is 3.64. The van der Waals surface area contributed by atoms with Crippen LogP contribution >= 0.6 is 0 Å². The van der Waals surface area contributed by atoms with Gasteiger partial charge in [0.05, 0.1) is 0 Å². The van der Waals surface area contributed by atoms with Crippen molar-refractivity contribution in [3.05, 3.63) is 27.2 Å². The molecule has 0 bridgehead atoms. The molecule has 0 aromatic rings. The third kappa shape index (κ3) is 18.0. The molecule has 0 saturated heterocycles. The van der Waals surface area contributed by atoms with Gasteiger partial charge in [0.15, 0.2) is 0 Å². The minimum Gasteiger partial charge on any atom is -0.358 e. The molecule has 0 N–H and O–H groups in total. The van der Waals surface area contributed by atoms with Crippen molar-refractivity contribution in [1.29, 1.82) is 0 Å². The summed E-state index contributed by atoms with van der Waals surface area (Å²) >= 11 is 0. The van der Waals surface area contributed by atoms with Crippen LogP contribution in [-0.4, -0.2) is 0 Å². The molecule has 1 rings (SSSR count). The Labute approximate surface area is 187 Å². The number of hydrogen-bond acceptors (Lipinski definition) is 0. The van der Waals surface area contributed by atoms with E-state index in [1.807, 2.05) is 0 Å². The molecule has 1 fully saturated rings. The summed E-state index contributed by atoms with van der Waals surface area (Å²) < 4.78 is 0. The molecule has 0 aliphatic heterocycles. The van der Waals surface area contributed by atoms with Crippen molar-refractivity contribution in [2.24, 2.45) is 5.92 Å². The second-order valence-electron chi connectivity index (χ2n) is 3.06. The third-order valence-corrected chi connectivity index (χ3v) is 2.13. The fourth-order valence-corrected chi connectivity index (χ4v) is 1.49. The minimum absolute atomic E-state index is 0. The van der Waals surface area contributed by atoms with Crippen molar-refractivity contribution in [1.82, 2.24) is 0 Å². The maximum Gasteiger partial charge on any atom is 2.00 e. The molecule has 0 amide bonds. The van der Waals surface area contributed by atoms with E-state index in [9.17, 15) is 0 Å². The van der Waals surface area contributed by atoms with Crippen LogP contribution in [0.15, 0.2) is 0 Å². The zero-order valence-corrected chi connectivity index (χ0v) is 21.3. The van der Waals surface area contributed by atoms with Crippen LogP contribution in [0, 0.1) is 33.1 Å². The zero-order valence-electron chi connectivity index (χ0n) is 9.82. The van der Waals surface area contributed by atoms with Gasteiger partial charge in [-0.05, 0) is 0 Å². The molecule has 1 aliphatic rings. The van der Waals surface area contributed by atoms with Crippen molar-refractivity contribution < 1.29 is 119 Å². The fourth-order valence-electron chi connectivity index (χ4n) is 1.49. The second kappa shape index (κ2) is 23.1. The molecule has 0 aromatic carbocycles. The first-order valence-corrected chi connectivity index (χ1v) is 4.39. The molecule has 15 heavy (non-hydrogen) atoms. The number of rotatable bonds is 4. The first kappa shape index (κ1) is 31.4. The maximum atomic E-state index is 3.82. The molecule has 1 aliphatic carbocycles. The van der Waals surface area contributed by atoms with E-state index in [-0.39, 0.29) is 127 Å². The van der Waals surface area contributed by atoms with Gasteiger partial charge in [0.25, 0.3) is 0 Å². The Balaban J connectivity index is -0.0000000667. The van der Waals surface area contributed by atoms with Crippen LogP contribution in [0.1, 0.15) is 38.5 Å². The van der Waals surface area contributed by atoms with E-state index in [2.05, 4.69) is 19.8 Å². The summed E-state index contributed by atoms with van der Waals surface area (Å²) in [6, 6.07) is 0. The maximum absolute atomic E-state index is 3.82.